The topological polar surface area (TPSA) is 136 Å². The van der Waals surface area contributed by atoms with Gasteiger partial charge in [-0.05, 0) is 6.42 Å². The average molecular weight is 417 g/mol. The fraction of sp³-hybridized carbons (Fsp3) is 0.600. The van der Waals surface area contributed by atoms with Gasteiger partial charge in [-0.3, -0.25) is 0 Å². The van der Waals surface area contributed by atoms with E-state index in [2.05, 4.69) is 19.7 Å². The first kappa shape index (κ1) is 27.1. The molecule has 0 bridgehead atoms. The number of rotatable bonds is 14. The van der Waals surface area contributed by atoms with Crippen LogP contribution in [0.25, 0.3) is 0 Å². The first-order valence-corrected chi connectivity index (χ1v) is 10.8. The Bertz CT molecular complexity index is 583. The summed E-state index contributed by atoms with van der Waals surface area (Å²) >= 11 is 0. The van der Waals surface area contributed by atoms with Gasteiger partial charge >= 0.3 is 0 Å². The van der Waals surface area contributed by atoms with Gasteiger partial charge in [-0.25, -0.2) is 16.8 Å². The van der Waals surface area contributed by atoms with Gasteiger partial charge in [0.05, 0.1) is 32.2 Å². The zero-order valence-electron chi connectivity index (χ0n) is 14.8. The minimum absolute atomic E-state index is 0.00957. The monoisotopic (exact) mass is 416 g/mol. The van der Waals surface area contributed by atoms with Gasteiger partial charge in [0.2, 0.25) is 0 Å². The van der Waals surface area contributed by atoms with Crippen molar-refractivity contribution >= 4 is 19.7 Å². The summed E-state index contributed by atoms with van der Waals surface area (Å²) < 4.78 is 57.7. The van der Waals surface area contributed by atoms with Crippen LogP contribution in [0.2, 0.25) is 0 Å². The number of ether oxygens (including phenoxy) is 3. The highest BCUT2D eigenvalue weighted by molar-refractivity contribution is 7.97. The van der Waals surface area contributed by atoms with Crippen LogP contribution in [0, 0.1) is 0 Å². The molecule has 2 N–H and O–H groups in total. The van der Waals surface area contributed by atoms with E-state index in [-0.39, 0.29) is 38.6 Å². The maximum atomic E-state index is 11.2. The lowest BCUT2D eigenvalue weighted by atomic mass is 10.3. The van der Waals surface area contributed by atoms with E-state index in [4.69, 9.17) is 19.3 Å². The van der Waals surface area contributed by atoms with Crippen molar-refractivity contribution in [2.75, 3.05) is 39.3 Å². The van der Waals surface area contributed by atoms with Crippen molar-refractivity contribution < 1.29 is 41.3 Å². The van der Waals surface area contributed by atoms with Gasteiger partial charge in [0.1, 0.15) is 6.10 Å². The van der Waals surface area contributed by atoms with Crippen LogP contribution in [0.5, 0.6) is 0 Å². The number of aliphatic hydroxyl groups excluding tert-OH is 2. The standard InChI is InChI=1S/C11H22O7S.C4H6O2S/c1-3-19(14,15)9-4-10(13)11(16-2)18-8-7-17-6-5-12;1-3-7(5,6)4-2/h3,10-13H,1,4-9H2,2H3;3-4H,1-2H2. The first-order chi connectivity index (χ1) is 12.1. The number of aliphatic hydroxyl groups is 2. The molecule has 0 amide bonds. The summed E-state index contributed by atoms with van der Waals surface area (Å²) in [5, 5.41) is 20.8. The summed E-state index contributed by atoms with van der Waals surface area (Å²) in [7, 11) is -5.13. The maximum Gasteiger partial charge on any atom is 0.191 e. The van der Waals surface area contributed by atoms with E-state index in [0.29, 0.717) is 0 Å². The van der Waals surface area contributed by atoms with E-state index >= 15 is 0 Å². The van der Waals surface area contributed by atoms with Crippen LogP contribution in [0.15, 0.2) is 36.0 Å². The van der Waals surface area contributed by atoms with E-state index in [1.807, 2.05) is 0 Å². The molecule has 26 heavy (non-hydrogen) atoms. The molecular weight excluding hydrogens is 388 g/mol. The minimum Gasteiger partial charge on any atom is -0.394 e. The molecule has 0 aromatic carbocycles. The highest BCUT2D eigenvalue weighted by Gasteiger charge is 2.21. The molecule has 0 heterocycles. The normalized spacial score (nSPS) is 13.8. The Hall–Kier alpha value is -1.08. The minimum atomic E-state index is -3.35. The molecule has 0 aliphatic rings. The first-order valence-electron chi connectivity index (χ1n) is 7.45. The molecule has 2 unspecified atom stereocenters. The van der Waals surface area contributed by atoms with Crippen molar-refractivity contribution in [1.29, 1.82) is 0 Å². The van der Waals surface area contributed by atoms with Crippen molar-refractivity contribution in [3.05, 3.63) is 36.0 Å². The van der Waals surface area contributed by atoms with Gasteiger partial charge in [0.25, 0.3) is 0 Å². The molecular formula is C15H28O9S2. The predicted octanol–water partition coefficient (Wildman–Crippen LogP) is -0.0181. The zero-order valence-corrected chi connectivity index (χ0v) is 16.5. The van der Waals surface area contributed by atoms with Gasteiger partial charge in [-0.2, -0.15) is 0 Å². The smallest absolute Gasteiger partial charge is 0.191 e. The van der Waals surface area contributed by atoms with Crippen LogP contribution in [0.4, 0.5) is 0 Å². The summed E-state index contributed by atoms with van der Waals surface area (Å²) in [4.78, 5) is 0. The van der Waals surface area contributed by atoms with Crippen molar-refractivity contribution in [2.24, 2.45) is 0 Å². The van der Waals surface area contributed by atoms with Crippen molar-refractivity contribution in [3.8, 4) is 0 Å². The molecule has 2 atom stereocenters. The third kappa shape index (κ3) is 15.2. The van der Waals surface area contributed by atoms with Crippen LogP contribution < -0.4 is 0 Å². The molecule has 0 aromatic heterocycles. The van der Waals surface area contributed by atoms with Crippen LogP contribution in [0.1, 0.15) is 6.42 Å². The second-order valence-electron chi connectivity index (χ2n) is 4.62. The average Bonchev–Trinajstić information content (AvgIpc) is 2.63. The number of hydrogen-bond donors (Lipinski definition) is 2. The molecule has 0 radical (unpaired) electrons. The number of sulfone groups is 2. The molecule has 0 fully saturated rings. The van der Waals surface area contributed by atoms with E-state index in [9.17, 15) is 21.9 Å². The molecule has 0 aromatic rings. The fourth-order valence-corrected chi connectivity index (χ4v) is 2.17. The van der Waals surface area contributed by atoms with Crippen molar-refractivity contribution in [1.82, 2.24) is 0 Å². The van der Waals surface area contributed by atoms with Gasteiger partial charge in [-0.1, -0.05) is 19.7 Å². The van der Waals surface area contributed by atoms with Crippen LogP contribution in [-0.4, -0.2) is 78.7 Å². The quantitative estimate of drug-likeness (QED) is 0.296. The molecule has 0 spiro atoms. The second kappa shape index (κ2) is 15.0. The summed E-state index contributed by atoms with van der Waals surface area (Å²) in [6.45, 7) is 9.83. The Balaban J connectivity index is 0. The van der Waals surface area contributed by atoms with E-state index in [1.165, 1.54) is 7.11 Å². The summed E-state index contributed by atoms with van der Waals surface area (Å²) in [6.07, 6.45) is -1.99. The molecule has 0 aliphatic carbocycles. The van der Waals surface area contributed by atoms with Gasteiger partial charge in [0.15, 0.2) is 26.0 Å². The van der Waals surface area contributed by atoms with Crippen LogP contribution in [-0.2, 0) is 33.9 Å². The Labute approximate surface area is 155 Å². The highest BCUT2D eigenvalue weighted by atomic mass is 32.2. The summed E-state index contributed by atoms with van der Waals surface area (Å²) in [5.41, 5.74) is 0. The lowest BCUT2D eigenvalue weighted by Crippen LogP contribution is -2.33. The number of methoxy groups -OCH3 is 1. The van der Waals surface area contributed by atoms with Gasteiger partial charge in [-0.15, -0.1) is 0 Å². The lowest BCUT2D eigenvalue weighted by Gasteiger charge is -2.21. The second-order valence-corrected chi connectivity index (χ2v) is 8.53. The summed E-state index contributed by atoms with van der Waals surface area (Å²) in [5.74, 6) is -0.220. The van der Waals surface area contributed by atoms with E-state index < -0.39 is 32.1 Å². The molecule has 0 saturated heterocycles. The Morgan fingerprint density at radius 2 is 1.58 bits per heavy atom. The molecule has 0 rings (SSSR count). The third-order valence-electron chi connectivity index (χ3n) is 2.71. The molecule has 0 aliphatic heterocycles. The van der Waals surface area contributed by atoms with Crippen LogP contribution in [0.3, 0.4) is 0 Å². The zero-order chi connectivity index (χ0) is 20.6. The molecule has 11 heteroatoms. The lowest BCUT2D eigenvalue weighted by molar-refractivity contribution is -0.185. The SMILES string of the molecule is C=CS(=O)(=O)C=C.C=CS(=O)(=O)CCC(O)C(OC)OCCOCCO. The van der Waals surface area contributed by atoms with Gasteiger partial charge < -0.3 is 24.4 Å². The molecule has 0 saturated carbocycles. The predicted molar refractivity (Wildman–Crippen MR) is 98.6 cm³/mol. The van der Waals surface area contributed by atoms with Crippen LogP contribution >= 0.6 is 0 Å². The molecule has 9 nitrogen and oxygen atoms in total. The van der Waals surface area contributed by atoms with E-state index in [1.54, 1.807) is 0 Å². The van der Waals surface area contributed by atoms with E-state index in [0.717, 1.165) is 16.2 Å². The third-order valence-corrected chi connectivity index (χ3v) is 4.95. The molecule has 154 valence electrons. The largest absolute Gasteiger partial charge is 0.394 e. The highest BCUT2D eigenvalue weighted by Crippen LogP contribution is 2.07. The van der Waals surface area contributed by atoms with Gasteiger partial charge in [0, 0.05) is 23.3 Å². The maximum absolute atomic E-state index is 11.2. The Kier molecular flexibility index (Phi) is 15.7. The summed E-state index contributed by atoms with van der Waals surface area (Å²) in [6, 6.07) is 0. The Morgan fingerprint density at radius 3 is 1.96 bits per heavy atom. The Morgan fingerprint density at radius 1 is 1.00 bits per heavy atom. The number of hydrogen-bond acceptors (Lipinski definition) is 9. The van der Waals surface area contributed by atoms with Crippen molar-refractivity contribution in [2.45, 2.75) is 18.8 Å². The fourth-order valence-electron chi connectivity index (χ4n) is 1.30. The van der Waals surface area contributed by atoms with Crippen molar-refractivity contribution in [3.63, 3.8) is 0 Å².